The van der Waals surface area contributed by atoms with Crippen molar-refractivity contribution in [2.75, 3.05) is 6.61 Å². The predicted molar refractivity (Wildman–Crippen MR) is 84.7 cm³/mol. The Morgan fingerprint density at radius 2 is 2.09 bits per heavy atom. The number of hydrogen-bond donors (Lipinski definition) is 3. The van der Waals surface area contributed by atoms with Crippen LogP contribution in [0.1, 0.15) is 49.7 Å². The normalized spacial score (nSPS) is 43.3. The third-order valence-electron chi connectivity index (χ3n) is 7.06. The lowest BCUT2D eigenvalue weighted by Crippen LogP contribution is -2.44. The van der Waals surface area contributed by atoms with E-state index in [1.54, 1.807) is 0 Å². The van der Waals surface area contributed by atoms with Gasteiger partial charge in [0.1, 0.15) is 5.75 Å². The molecule has 2 saturated carbocycles. The lowest BCUT2D eigenvalue weighted by Gasteiger charge is -2.50. The van der Waals surface area contributed by atoms with Gasteiger partial charge in [-0.2, -0.15) is 0 Å². The molecule has 4 unspecified atom stereocenters. The van der Waals surface area contributed by atoms with Gasteiger partial charge in [-0.25, -0.2) is 0 Å². The predicted octanol–water partition coefficient (Wildman–Crippen LogP) is 2.83. The molecule has 4 rings (SSSR count). The Hall–Kier alpha value is -1.06. The number of aliphatic hydroxyl groups is 2. The summed E-state index contributed by atoms with van der Waals surface area (Å²) in [6, 6.07) is 5.85. The number of benzene rings is 1. The largest absolute Gasteiger partial charge is 0.508 e. The van der Waals surface area contributed by atoms with Crippen LogP contribution in [-0.2, 0) is 6.42 Å². The Bertz CT molecular complexity index is 584. The number of aryl methyl sites for hydroxylation is 1. The number of phenols is 1. The van der Waals surface area contributed by atoms with Gasteiger partial charge in [-0.05, 0) is 78.5 Å². The Balaban J connectivity index is 1.69. The molecule has 0 spiro atoms. The maximum atomic E-state index is 10.7. The van der Waals surface area contributed by atoms with Crippen molar-refractivity contribution in [1.29, 1.82) is 0 Å². The van der Waals surface area contributed by atoms with Gasteiger partial charge in [0.2, 0.25) is 0 Å². The van der Waals surface area contributed by atoms with Gasteiger partial charge in [0, 0.05) is 12.5 Å². The minimum absolute atomic E-state index is 0.0248. The van der Waals surface area contributed by atoms with Gasteiger partial charge in [0.25, 0.3) is 0 Å². The minimum atomic E-state index is -0.357. The van der Waals surface area contributed by atoms with Crippen molar-refractivity contribution >= 4 is 0 Å². The van der Waals surface area contributed by atoms with E-state index in [4.69, 9.17) is 0 Å². The van der Waals surface area contributed by atoms with Crippen molar-refractivity contribution < 1.29 is 15.3 Å². The molecule has 3 heteroatoms. The molecule has 3 N–H and O–H groups in total. The van der Waals surface area contributed by atoms with Crippen LogP contribution < -0.4 is 0 Å². The zero-order valence-electron chi connectivity index (χ0n) is 13.2. The zero-order chi connectivity index (χ0) is 15.5. The Morgan fingerprint density at radius 1 is 1.27 bits per heavy atom. The molecule has 0 heterocycles. The fraction of sp³-hybridized carbons (Fsp3) is 0.684. The number of phenolic OH excluding ortho intramolecular Hbond substituents is 1. The van der Waals surface area contributed by atoms with E-state index in [0.717, 1.165) is 32.1 Å². The van der Waals surface area contributed by atoms with E-state index < -0.39 is 0 Å². The molecule has 0 radical (unpaired) electrons. The van der Waals surface area contributed by atoms with Crippen molar-refractivity contribution in [3.05, 3.63) is 29.3 Å². The van der Waals surface area contributed by atoms with Gasteiger partial charge in [-0.3, -0.25) is 0 Å². The third-order valence-corrected chi connectivity index (χ3v) is 7.06. The van der Waals surface area contributed by atoms with Crippen molar-refractivity contribution in [1.82, 2.24) is 0 Å². The number of rotatable bonds is 1. The minimum Gasteiger partial charge on any atom is -0.508 e. The second-order valence-corrected chi connectivity index (χ2v) is 7.97. The first-order valence-electron chi connectivity index (χ1n) is 8.65. The van der Waals surface area contributed by atoms with Crippen LogP contribution in [0.2, 0.25) is 0 Å². The van der Waals surface area contributed by atoms with Gasteiger partial charge in [-0.15, -0.1) is 0 Å². The summed E-state index contributed by atoms with van der Waals surface area (Å²) < 4.78 is 0. The molecule has 120 valence electrons. The highest BCUT2D eigenvalue weighted by Gasteiger charge is 2.57. The van der Waals surface area contributed by atoms with Gasteiger partial charge in [-0.1, -0.05) is 13.0 Å². The van der Waals surface area contributed by atoms with E-state index in [1.807, 2.05) is 12.1 Å². The molecule has 1 aromatic rings. The SMILES string of the molecule is C[C@]12CCC3c4ccc(O)cc4CCC3C1CC(CO)[C@@H]2O. The van der Waals surface area contributed by atoms with Gasteiger partial charge < -0.3 is 15.3 Å². The molecular formula is C19H26O3. The van der Waals surface area contributed by atoms with Crippen LogP contribution in [-0.4, -0.2) is 28.0 Å². The highest BCUT2D eigenvalue weighted by Crippen LogP contribution is 2.62. The van der Waals surface area contributed by atoms with Crippen molar-refractivity contribution in [2.45, 2.75) is 51.0 Å². The topological polar surface area (TPSA) is 60.7 Å². The molecule has 2 fully saturated rings. The summed E-state index contributed by atoms with van der Waals surface area (Å²) in [6.45, 7) is 2.34. The summed E-state index contributed by atoms with van der Waals surface area (Å²) >= 11 is 0. The summed E-state index contributed by atoms with van der Waals surface area (Å²) in [5.41, 5.74) is 2.70. The number of fused-ring (bicyclic) bond motifs is 5. The summed E-state index contributed by atoms with van der Waals surface area (Å²) in [5, 5.41) is 30.0. The standard InChI is InChI=1S/C19H26O3/c1-19-7-6-15-14-5-3-13(21)8-11(14)2-4-16(15)17(19)9-12(10-20)18(19)22/h3,5,8,12,15-18,20-22H,2,4,6-7,9-10H2,1H3/t12?,15?,16?,17?,18-,19-/m0/s1. The van der Waals surface area contributed by atoms with Crippen molar-refractivity contribution in [3.8, 4) is 5.75 Å². The summed E-state index contributed by atoms with van der Waals surface area (Å²) in [6.07, 6.45) is 4.93. The first-order chi connectivity index (χ1) is 10.5. The van der Waals surface area contributed by atoms with Crippen LogP contribution in [0, 0.1) is 23.2 Å². The smallest absolute Gasteiger partial charge is 0.115 e. The van der Waals surface area contributed by atoms with Crippen molar-refractivity contribution in [2.24, 2.45) is 23.2 Å². The molecule has 3 aliphatic rings. The average molecular weight is 302 g/mol. The second-order valence-electron chi connectivity index (χ2n) is 7.97. The van der Waals surface area contributed by atoms with Crippen LogP contribution in [0.3, 0.4) is 0 Å². The van der Waals surface area contributed by atoms with Gasteiger partial charge in [0.15, 0.2) is 0 Å². The Kier molecular flexibility index (Phi) is 3.28. The molecule has 3 nitrogen and oxygen atoms in total. The van der Waals surface area contributed by atoms with Gasteiger partial charge in [0.05, 0.1) is 6.10 Å². The molecular weight excluding hydrogens is 276 g/mol. The zero-order valence-corrected chi connectivity index (χ0v) is 13.2. The fourth-order valence-corrected chi connectivity index (χ4v) is 5.90. The molecule has 0 aromatic heterocycles. The second kappa shape index (κ2) is 4.97. The molecule has 0 amide bonds. The Morgan fingerprint density at radius 3 is 2.86 bits per heavy atom. The number of aromatic hydroxyl groups is 1. The first-order valence-corrected chi connectivity index (χ1v) is 8.65. The third kappa shape index (κ3) is 1.88. The molecule has 22 heavy (non-hydrogen) atoms. The average Bonchev–Trinajstić information content (AvgIpc) is 2.78. The quantitative estimate of drug-likeness (QED) is 0.747. The van der Waals surface area contributed by atoms with Crippen LogP contribution >= 0.6 is 0 Å². The monoisotopic (exact) mass is 302 g/mol. The molecule has 0 bridgehead atoms. The number of aliphatic hydroxyl groups excluding tert-OH is 2. The maximum Gasteiger partial charge on any atom is 0.115 e. The van der Waals surface area contributed by atoms with E-state index >= 15 is 0 Å². The molecule has 0 saturated heterocycles. The van der Waals surface area contributed by atoms with Crippen LogP contribution in [0.15, 0.2) is 18.2 Å². The fourth-order valence-electron chi connectivity index (χ4n) is 5.90. The highest BCUT2D eigenvalue weighted by atomic mass is 16.3. The first kappa shape index (κ1) is 14.5. The molecule has 0 aliphatic heterocycles. The van der Waals surface area contributed by atoms with E-state index in [-0.39, 0.29) is 24.0 Å². The summed E-state index contributed by atoms with van der Waals surface area (Å²) in [5.74, 6) is 2.11. The van der Waals surface area contributed by atoms with Crippen molar-refractivity contribution in [3.63, 3.8) is 0 Å². The summed E-state index contributed by atoms with van der Waals surface area (Å²) in [4.78, 5) is 0. The molecule has 6 atom stereocenters. The van der Waals surface area contributed by atoms with E-state index in [1.165, 1.54) is 11.1 Å². The van der Waals surface area contributed by atoms with Crippen LogP contribution in [0.4, 0.5) is 0 Å². The molecule has 3 aliphatic carbocycles. The highest BCUT2D eigenvalue weighted by molar-refractivity contribution is 5.40. The number of hydrogen-bond acceptors (Lipinski definition) is 3. The lowest BCUT2D eigenvalue weighted by molar-refractivity contribution is -0.0379. The van der Waals surface area contributed by atoms with E-state index in [0.29, 0.717) is 23.5 Å². The van der Waals surface area contributed by atoms with Gasteiger partial charge >= 0.3 is 0 Å². The van der Waals surface area contributed by atoms with Crippen LogP contribution in [0.5, 0.6) is 5.75 Å². The maximum absolute atomic E-state index is 10.7. The van der Waals surface area contributed by atoms with E-state index in [2.05, 4.69) is 13.0 Å². The van der Waals surface area contributed by atoms with E-state index in [9.17, 15) is 15.3 Å². The Labute approximate surface area is 132 Å². The summed E-state index contributed by atoms with van der Waals surface area (Å²) in [7, 11) is 0. The van der Waals surface area contributed by atoms with Crippen LogP contribution in [0.25, 0.3) is 0 Å². The lowest BCUT2D eigenvalue weighted by atomic mass is 9.55. The molecule has 1 aromatic carbocycles.